The van der Waals surface area contributed by atoms with Gasteiger partial charge in [-0.25, -0.2) is 0 Å². The SMILES string of the molecule is CCCCCCOc1cccc(F)n1. The van der Waals surface area contributed by atoms with E-state index in [1.807, 2.05) is 0 Å². The number of nitrogens with zero attached hydrogens (tertiary/aromatic N) is 1. The first-order chi connectivity index (χ1) is 6.83. The molecule has 0 radical (unpaired) electrons. The first-order valence-electron chi connectivity index (χ1n) is 5.08. The van der Waals surface area contributed by atoms with Gasteiger partial charge >= 0.3 is 0 Å². The highest BCUT2D eigenvalue weighted by atomic mass is 19.1. The maximum absolute atomic E-state index is 12.6. The van der Waals surface area contributed by atoms with Gasteiger partial charge in [0, 0.05) is 6.07 Å². The molecule has 14 heavy (non-hydrogen) atoms. The van der Waals surface area contributed by atoms with E-state index in [1.54, 1.807) is 12.1 Å². The second kappa shape index (κ2) is 6.35. The minimum Gasteiger partial charge on any atom is -0.478 e. The first kappa shape index (κ1) is 11.0. The summed E-state index contributed by atoms with van der Waals surface area (Å²) in [6.45, 7) is 2.78. The molecular formula is C11H16FNO. The van der Waals surface area contributed by atoms with Crippen LogP contribution in [0.4, 0.5) is 4.39 Å². The Morgan fingerprint density at radius 1 is 1.29 bits per heavy atom. The molecule has 0 aromatic carbocycles. The summed E-state index contributed by atoms with van der Waals surface area (Å²) in [4.78, 5) is 3.60. The number of aromatic nitrogens is 1. The highest BCUT2D eigenvalue weighted by Crippen LogP contribution is 2.07. The van der Waals surface area contributed by atoms with Gasteiger partial charge in [-0.15, -0.1) is 0 Å². The van der Waals surface area contributed by atoms with Crippen LogP contribution < -0.4 is 4.74 Å². The summed E-state index contributed by atoms with van der Waals surface area (Å²) in [6.07, 6.45) is 4.59. The molecule has 0 unspecified atom stereocenters. The molecule has 1 aromatic heterocycles. The van der Waals surface area contributed by atoms with Crippen LogP contribution in [-0.2, 0) is 0 Å². The molecule has 0 saturated heterocycles. The number of unbranched alkanes of at least 4 members (excludes halogenated alkanes) is 3. The van der Waals surface area contributed by atoms with E-state index in [1.165, 1.54) is 18.9 Å². The van der Waals surface area contributed by atoms with Crippen molar-refractivity contribution in [3.8, 4) is 5.88 Å². The van der Waals surface area contributed by atoms with Crippen molar-refractivity contribution in [2.24, 2.45) is 0 Å². The zero-order valence-electron chi connectivity index (χ0n) is 8.50. The highest BCUT2D eigenvalue weighted by molar-refractivity contribution is 5.10. The summed E-state index contributed by atoms with van der Waals surface area (Å²) in [5.74, 6) is -0.113. The van der Waals surface area contributed by atoms with Gasteiger partial charge in [0.2, 0.25) is 11.8 Å². The molecular weight excluding hydrogens is 181 g/mol. The Morgan fingerprint density at radius 3 is 2.86 bits per heavy atom. The molecule has 0 fully saturated rings. The highest BCUT2D eigenvalue weighted by Gasteiger charge is 1.96. The lowest BCUT2D eigenvalue weighted by molar-refractivity contribution is 0.289. The summed E-state index contributed by atoms with van der Waals surface area (Å²) >= 11 is 0. The molecule has 0 aliphatic rings. The second-order valence-corrected chi connectivity index (χ2v) is 3.21. The Hall–Kier alpha value is -1.12. The maximum atomic E-state index is 12.6. The molecule has 0 atom stereocenters. The van der Waals surface area contributed by atoms with Gasteiger partial charge in [0.05, 0.1) is 6.61 Å². The lowest BCUT2D eigenvalue weighted by atomic mass is 10.2. The van der Waals surface area contributed by atoms with Crippen LogP contribution in [0.3, 0.4) is 0 Å². The molecule has 0 saturated carbocycles. The van der Waals surface area contributed by atoms with Crippen molar-refractivity contribution in [3.05, 3.63) is 24.1 Å². The van der Waals surface area contributed by atoms with Crippen molar-refractivity contribution >= 4 is 0 Å². The van der Waals surface area contributed by atoms with E-state index < -0.39 is 5.95 Å². The van der Waals surface area contributed by atoms with Crippen LogP contribution in [0.25, 0.3) is 0 Å². The zero-order valence-corrected chi connectivity index (χ0v) is 8.50. The Balaban J connectivity index is 2.18. The van der Waals surface area contributed by atoms with E-state index >= 15 is 0 Å². The second-order valence-electron chi connectivity index (χ2n) is 3.21. The fourth-order valence-electron chi connectivity index (χ4n) is 1.18. The number of pyridine rings is 1. The average molecular weight is 197 g/mol. The van der Waals surface area contributed by atoms with E-state index in [0.29, 0.717) is 12.5 Å². The topological polar surface area (TPSA) is 22.1 Å². The van der Waals surface area contributed by atoms with Crippen molar-refractivity contribution in [1.29, 1.82) is 0 Å². The smallest absolute Gasteiger partial charge is 0.216 e. The summed E-state index contributed by atoms with van der Waals surface area (Å²) < 4.78 is 17.9. The standard InChI is InChI=1S/C11H16FNO/c1-2-3-4-5-9-14-11-8-6-7-10(12)13-11/h6-8H,2-5,9H2,1H3. The third-order valence-electron chi connectivity index (χ3n) is 1.94. The van der Waals surface area contributed by atoms with Crippen molar-refractivity contribution in [2.75, 3.05) is 6.61 Å². The number of hydrogen-bond acceptors (Lipinski definition) is 2. The number of hydrogen-bond donors (Lipinski definition) is 0. The Bertz CT molecular complexity index is 265. The van der Waals surface area contributed by atoms with E-state index in [2.05, 4.69) is 11.9 Å². The van der Waals surface area contributed by atoms with E-state index in [4.69, 9.17) is 4.74 Å². The molecule has 0 spiro atoms. The molecule has 0 aliphatic carbocycles. The first-order valence-corrected chi connectivity index (χ1v) is 5.08. The summed E-state index contributed by atoms with van der Waals surface area (Å²) in [7, 11) is 0. The normalized spacial score (nSPS) is 10.1. The van der Waals surface area contributed by atoms with Crippen LogP contribution in [0.15, 0.2) is 18.2 Å². The van der Waals surface area contributed by atoms with Crippen molar-refractivity contribution in [3.63, 3.8) is 0 Å². The molecule has 0 aliphatic heterocycles. The monoisotopic (exact) mass is 197 g/mol. The van der Waals surface area contributed by atoms with Crippen LogP contribution >= 0.6 is 0 Å². The fourth-order valence-corrected chi connectivity index (χ4v) is 1.18. The van der Waals surface area contributed by atoms with Gasteiger partial charge in [-0.2, -0.15) is 9.37 Å². The average Bonchev–Trinajstić information content (AvgIpc) is 2.18. The quantitative estimate of drug-likeness (QED) is 0.516. The van der Waals surface area contributed by atoms with Gasteiger partial charge in [-0.05, 0) is 12.5 Å². The fraction of sp³-hybridized carbons (Fsp3) is 0.545. The summed E-state index contributed by atoms with van der Waals surface area (Å²) in [5, 5.41) is 0. The third kappa shape index (κ3) is 4.21. The predicted molar refractivity (Wildman–Crippen MR) is 53.8 cm³/mol. The molecule has 0 amide bonds. The maximum Gasteiger partial charge on any atom is 0.216 e. The minimum atomic E-state index is -0.490. The van der Waals surface area contributed by atoms with Crippen LogP contribution in [0, 0.1) is 5.95 Å². The molecule has 78 valence electrons. The molecule has 2 nitrogen and oxygen atoms in total. The van der Waals surface area contributed by atoms with E-state index in [-0.39, 0.29) is 0 Å². The largest absolute Gasteiger partial charge is 0.478 e. The Kier molecular flexibility index (Phi) is 4.97. The Labute approximate surface area is 84.1 Å². The van der Waals surface area contributed by atoms with Gasteiger partial charge in [-0.3, -0.25) is 0 Å². The van der Waals surface area contributed by atoms with Gasteiger partial charge in [-0.1, -0.05) is 32.3 Å². The van der Waals surface area contributed by atoms with Crippen molar-refractivity contribution in [1.82, 2.24) is 4.98 Å². The Morgan fingerprint density at radius 2 is 2.14 bits per heavy atom. The van der Waals surface area contributed by atoms with Gasteiger partial charge in [0.25, 0.3) is 0 Å². The molecule has 1 heterocycles. The zero-order chi connectivity index (χ0) is 10.2. The van der Waals surface area contributed by atoms with E-state index in [0.717, 1.165) is 12.8 Å². The van der Waals surface area contributed by atoms with E-state index in [9.17, 15) is 4.39 Å². The molecule has 1 rings (SSSR count). The van der Waals surface area contributed by atoms with Crippen LogP contribution in [-0.4, -0.2) is 11.6 Å². The summed E-state index contributed by atoms with van der Waals surface area (Å²) in [6, 6.07) is 4.58. The van der Waals surface area contributed by atoms with Crippen molar-refractivity contribution < 1.29 is 9.13 Å². The number of ether oxygens (including phenoxy) is 1. The van der Waals surface area contributed by atoms with Gasteiger partial charge < -0.3 is 4.74 Å². The summed E-state index contributed by atoms with van der Waals surface area (Å²) in [5.41, 5.74) is 0. The molecule has 0 N–H and O–H groups in total. The third-order valence-corrected chi connectivity index (χ3v) is 1.94. The predicted octanol–water partition coefficient (Wildman–Crippen LogP) is 3.18. The minimum absolute atomic E-state index is 0.376. The lowest BCUT2D eigenvalue weighted by Crippen LogP contribution is -1.99. The number of halogens is 1. The van der Waals surface area contributed by atoms with Crippen LogP contribution in [0.5, 0.6) is 5.88 Å². The molecule has 1 aromatic rings. The molecule has 0 bridgehead atoms. The molecule has 3 heteroatoms. The lowest BCUT2D eigenvalue weighted by Gasteiger charge is -2.03. The van der Waals surface area contributed by atoms with Crippen molar-refractivity contribution in [2.45, 2.75) is 32.6 Å². The van der Waals surface area contributed by atoms with Gasteiger partial charge in [0.1, 0.15) is 0 Å². The van der Waals surface area contributed by atoms with Crippen LogP contribution in [0.2, 0.25) is 0 Å². The number of rotatable bonds is 6. The van der Waals surface area contributed by atoms with Crippen LogP contribution in [0.1, 0.15) is 32.6 Å². The van der Waals surface area contributed by atoms with Gasteiger partial charge in [0.15, 0.2) is 0 Å².